The normalized spacial score (nSPS) is 10.7. The number of hydrogen-bond donors (Lipinski definition) is 2. The van der Waals surface area contributed by atoms with Gasteiger partial charge in [-0.3, -0.25) is 5.43 Å². The molecular weight excluding hydrogens is 347 g/mol. The van der Waals surface area contributed by atoms with Gasteiger partial charge in [-0.15, -0.1) is 0 Å². The van der Waals surface area contributed by atoms with Crippen LogP contribution in [0.2, 0.25) is 0 Å². The highest BCUT2D eigenvalue weighted by atomic mass is 19.1. The molecule has 0 aliphatic rings. The Morgan fingerprint density at radius 1 is 1.07 bits per heavy atom. The van der Waals surface area contributed by atoms with E-state index in [2.05, 4.69) is 15.3 Å². The van der Waals surface area contributed by atoms with Crippen LogP contribution in [0.1, 0.15) is 15.9 Å². The van der Waals surface area contributed by atoms with Crippen molar-refractivity contribution in [2.75, 3.05) is 12.5 Å². The zero-order valence-electron chi connectivity index (χ0n) is 14.5. The highest BCUT2D eigenvalue weighted by molar-refractivity contribution is 5.93. The van der Waals surface area contributed by atoms with Crippen molar-refractivity contribution in [2.45, 2.75) is 0 Å². The number of nitrogens with one attached hydrogen (secondary N) is 1. The number of phenols is 1. The third kappa shape index (κ3) is 4.12. The van der Waals surface area contributed by atoms with Gasteiger partial charge in [0.25, 0.3) is 0 Å². The fourth-order valence-electron chi connectivity index (χ4n) is 2.55. The lowest BCUT2D eigenvalue weighted by Gasteiger charge is -2.10. The topological polar surface area (TPSA) is 70.9 Å². The van der Waals surface area contributed by atoms with E-state index >= 15 is 0 Å². The highest BCUT2D eigenvalue weighted by Crippen LogP contribution is 2.33. The minimum atomic E-state index is -0.583. The molecule has 0 fully saturated rings. The second kappa shape index (κ2) is 8.14. The van der Waals surface area contributed by atoms with Crippen LogP contribution in [0.25, 0.3) is 11.1 Å². The molecule has 0 aromatic heterocycles. The summed E-state index contributed by atoms with van der Waals surface area (Å²) in [5.41, 5.74) is 4.58. The molecule has 0 aliphatic heterocycles. The van der Waals surface area contributed by atoms with Crippen LogP contribution in [0.15, 0.2) is 71.8 Å². The lowest BCUT2D eigenvalue weighted by molar-refractivity contribution is 0.0600. The van der Waals surface area contributed by atoms with Crippen molar-refractivity contribution >= 4 is 17.9 Å². The molecule has 27 heavy (non-hydrogen) atoms. The van der Waals surface area contributed by atoms with Crippen LogP contribution in [0.3, 0.4) is 0 Å². The number of phenolic OH excluding ortho intramolecular Hbond substituents is 1. The van der Waals surface area contributed by atoms with Gasteiger partial charge in [-0.1, -0.05) is 30.3 Å². The maximum absolute atomic E-state index is 14.3. The van der Waals surface area contributed by atoms with Gasteiger partial charge in [-0.05, 0) is 36.4 Å². The van der Waals surface area contributed by atoms with E-state index in [9.17, 15) is 14.3 Å². The zero-order chi connectivity index (χ0) is 19.2. The van der Waals surface area contributed by atoms with Gasteiger partial charge in [0.1, 0.15) is 11.6 Å². The average molecular weight is 364 g/mol. The molecule has 136 valence electrons. The predicted molar refractivity (Wildman–Crippen MR) is 102 cm³/mol. The molecule has 0 radical (unpaired) electrons. The fraction of sp³-hybridized carbons (Fsp3) is 0.0476. The third-order valence-electron chi connectivity index (χ3n) is 3.92. The fourth-order valence-corrected chi connectivity index (χ4v) is 2.55. The molecule has 0 spiro atoms. The van der Waals surface area contributed by atoms with Crippen molar-refractivity contribution in [3.05, 3.63) is 83.7 Å². The van der Waals surface area contributed by atoms with Gasteiger partial charge in [0, 0.05) is 16.7 Å². The second-order valence-corrected chi connectivity index (χ2v) is 5.67. The smallest absolute Gasteiger partial charge is 0.337 e. The molecule has 2 N–H and O–H groups in total. The Morgan fingerprint density at radius 2 is 1.85 bits per heavy atom. The SMILES string of the molecule is COC(=O)c1ccc(F)c(-c2cccc(C=NNc3ccccc3)c2O)c1. The number of nitrogens with zero attached hydrogens (tertiary/aromatic N) is 1. The lowest BCUT2D eigenvalue weighted by Crippen LogP contribution is -2.02. The number of ether oxygens (including phenoxy) is 1. The van der Waals surface area contributed by atoms with Crippen LogP contribution in [0.5, 0.6) is 5.75 Å². The van der Waals surface area contributed by atoms with E-state index in [1.54, 1.807) is 18.2 Å². The van der Waals surface area contributed by atoms with Crippen molar-refractivity contribution in [3.63, 3.8) is 0 Å². The first-order valence-electron chi connectivity index (χ1n) is 8.14. The van der Waals surface area contributed by atoms with Gasteiger partial charge in [-0.2, -0.15) is 5.10 Å². The number of carbonyl (C=O) groups excluding carboxylic acids is 1. The Balaban J connectivity index is 1.92. The first-order chi connectivity index (χ1) is 13.1. The number of hydrogen-bond acceptors (Lipinski definition) is 5. The number of esters is 1. The minimum absolute atomic E-state index is 0.0988. The Labute approximate surface area is 155 Å². The Bertz CT molecular complexity index is 988. The first kappa shape index (κ1) is 18.1. The van der Waals surface area contributed by atoms with E-state index in [4.69, 9.17) is 0 Å². The second-order valence-electron chi connectivity index (χ2n) is 5.67. The largest absolute Gasteiger partial charge is 0.507 e. The molecule has 0 saturated heterocycles. The maximum atomic E-state index is 14.3. The minimum Gasteiger partial charge on any atom is -0.507 e. The molecule has 5 nitrogen and oxygen atoms in total. The summed E-state index contributed by atoms with van der Waals surface area (Å²) in [4.78, 5) is 11.7. The summed E-state index contributed by atoms with van der Waals surface area (Å²) in [6.07, 6.45) is 1.44. The Hall–Kier alpha value is -3.67. The lowest BCUT2D eigenvalue weighted by atomic mass is 9.99. The van der Waals surface area contributed by atoms with Gasteiger partial charge >= 0.3 is 5.97 Å². The average Bonchev–Trinajstić information content (AvgIpc) is 2.70. The number of para-hydroxylation sites is 2. The van der Waals surface area contributed by atoms with Crippen LogP contribution < -0.4 is 5.43 Å². The molecule has 3 rings (SSSR count). The predicted octanol–water partition coefficient (Wildman–Crippen LogP) is 4.43. The van der Waals surface area contributed by atoms with E-state index in [-0.39, 0.29) is 22.4 Å². The molecule has 0 heterocycles. The molecule has 6 heteroatoms. The van der Waals surface area contributed by atoms with Crippen molar-refractivity contribution in [3.8, 4) is 16.9 Å². The molecule has 0 saturated carbocycles. The van der Waals surface area contributed by atoms with E-state index in [1.165, 1.54) is 31.5 Å². The van der Waals surface area contributed by atoms with Crippen molar-refractivity contribution < 1.29 is 19.0 Å². The number of hydrazone groups is 1. The monoisotopic (exact) mass is 364 g/mol. The van der Waals surface area contributed by atoms with Gasteiger partial charge in [-0.25, -0.2) is 9.18 Å². The van der Waals surface area contributed by atoms with Crippen LogP contribution in [-0.4, -0.2) is 24.4 Å². The molecule has 0 amide bonds. The van der Waals surface area contributed by atoms with Crippen molar-refractivity contribution in [1.82, 2.24) is 0 Å². The van der Waals surface area contributed by atoms with E-state index in [0.717, 1.165) is 5.69 Å². The summed E-state index contributed by atoms with van der Waals surface area (Å²) in [6, 6.07) is 18.1. The van der Waals surface area contributed by atoms with Crippen molar-refractivity contribution in [1.29, 1.82) is 0 Å². The molecule has 0 atom stereocenters. The summed E-state index contributed by atoms with van der Waals surface area (Å²) in [7, 11) is 1.25. The summed E-state index contributed by atoms with van der Waals surface area (Å²) >= 11 is 0. The number of benzene rings is 3. The number of rotatable bonds is 5. The number of methoxy groups -OCH3 is 1. The van der Waals surface area contributed by atoms with E-state index in [1.807, 2.05) is 30.3 Å². The van der Waals surface area contributed by atoms with Crippen molar-refractivity contribution in [2.24, 2.45) is 5.10 Å². The summed E-state index contributed by atoms with van der Waals surface area (Å²) in [5, 5.41) is 14.6. The highest BCUT2D eigenvalue weighted by Gasteiger charge is 2.15. The van der Waals surface area contributed by atoms with E-state index < -0.39 is 11.8 Å². The standard InChI is InChI=1S/C21H17FN2O3/c1-27-21(26)14-10-11-19(22)18(12-14)17-9-5-6-15(20(17)25)13-23-24-16-7-3-2-4-8-16/h2-13,24-25H,1H3. The Kier molecular flexibility index (Phi) is 5.47. The molecule has 0 aliphatic carbocycles. The van der Waals surface area contributed by atoms with Crippen LogP contribution in [0, 0.1) is 5.82 Å². The molecule has 3 aromatic carbocycles. The van der Waals surface area contributed by atoms with Crippen LogP contribution in [-0.2, 0) is 4.74 Å². The zero-order valence-corrected chi connectivity index (χ0v) is 14.5. The molecule has 3 aromatic rings. The van der Waals surface area contributed by atoms with Gasteiger partial charge < -0.3 is 9.84 Å². The number of carbonyl (C=O) groups is 1. The number of halogens is 1. The van der Waals surface area contributed by atoms with Gasteiger partial charge in [0.05, 0.1) is 24.6 Å². The molecule has 0 unspecified atom stereocenters. The van der Waals surface area contributed by atoms with E-state index in [0.29, 0.717) is 5.56 Å². The van der Waals surface area contributed by atoms with Gasteiger partial charge in [0.2, 0.25) is 0 Å². The summed E-state index contributed by atoms with van der Waals surface area (Å²) in [6.45, 7) is 0. The maximum Gasteiger partial charge on any atom is 0.337 e. The Morgan fingerprint density at radius 3 is 2.59 bits per heavy atom. The summed E-state index contributed by atoms with van der Waals surface area (Å²) in [5.74, 6) is -1.29. The third-order valence-corrected chi connectivity index (χ3v) is 3.92. The van der Waals surface area contributed by atoms with Crippen LogP contribution in [0.4, 0.5) is 10.1 Å². The van der Waals surface area contributed by atoms with Gasteiger partial charge in [0.15, 0.2) is 0 Å². The first-order valence-corrected chi connectivity index (χ1v) is 8.14. The van der Waals surface area contributed by atoms with Crippen LogP contribution >= 0.6 is 0 Å². The number of aromatic hydroxyl groups is 1. The molecule has 0 bridgehead atoms. The number of anilines is 1. The quantitative estimate of drug-likeness (QED) is 0.399. The summed E-state index contributed by atoms with van der Waals surface area (Å²) < 4.78 is 19.0. The molecular formula is C21H17FN2O3.